The zero-order valence-electron chi connectivity index (χ0n) is 8.44. The number of rotatable bonds is 2. The summed E-state index contributed by atoms with van der Waals surface area (Å²) in [7, 11) is 0. The Hall–Kier alpha value is -1.42. The molecule has 2 aromatic heterocycles. The van der Waals surface area contributed by atoms with Gasteiger partial charge < -0.3 is 4.42 Å². The van der Waals surface area contributed by atoms with Gasteiger partial charge in [0.05, 0.1) is 0 Å². The van der Waals surface area contributed by atoms with E-state index in [-0.39, 0.29) is 5.38 Å². The van der Waals surface area contributed by atoms with E-state index in [9.17, 15) is 0 Å². The van der Waals surface area contributed by atoms with Gasteiger partial charge in [-0.2, -0.15) is 0 Å². The summed E-state index contributed by atoms with van der Waals surface area (Å²) < 4.78 is 5.40. The lowest BCUT2D eigenvalue weighted by Gasteiger charge is -1.96. The van der Waals surface area contributed by atoms with E-state index in [1.165, 1.54) is 0 Å². The minimum Gasteiger partial charge on any atom is -0.419 e. The molecular weight excluding hydrogens is 214 g/mol. The van der Waals surface area contributed by atoms with E-state index >= 15 is 0 Å². The highest BCUT2D eigenvalue weighted by atomic mass is 35.5. The molecule has 0 aliphatic rings. The van der Waals surface area contributed by atoms with Gasteiger partial charge in [-0.05, 0) is 26.0 Å². The van der Waals surface area contributed by atoms with Gasteiger partial charge in [-0.25, -0.2) is 0 Å². The quantitative estimate of drug-likeness (QED) is 0.735. The van der Waals surface area contributed by atoms with Gasteiger partial charge in [0.2, 0.25) is 11.8 Å². The Balaban J connectivity index is 2.37. The lowest BCUT2D eigenvalue weighted by atomic mass is 10.2. The van der Waals surface area contributed by atoms with Crippen LogP contribution >= 0.6 is 11.6 Å². The summed E-state index contributed by atoms with van der Waals surface area (Å²) in [5.74, 6) is 0.907. The van der Waals surface area contributed by atoms with Gasteiger partial charge in [0, 0.05) is 17.5 Å². The SMILES string of the molecule is Cc1cc(-c2nnc(C(C)Cl)o2)ccn1. The summed E-state index contributed by atoms with van der Waals surface area (Å²) in [5.41, 5.74) is 1.77. The van der Waals surface area contributed by atoms with Gasteiger partial charge in [0.25, 0.3) is 0 Å². The summed E-state index contributed by atoms with van der Waals surface area (Å²) in [6, 6.07) is 3.71. The van der Waals surface area contributed by atoms with Crippen LogP contribution in [0.4, 0.5) is 0 Å². The molecule has 4 nitrogen and oxygen atoms in total. The fourth-order valence-electron chi connectivity index (χ4n) is 1.19. The molecule has 0 spiro atoms. The second-order valence-corrected chi connectivity index (χ2v) is 3.90. The lowest BCUT2D eigenvalue weighted by molar-refractivity contribution is 0.507. The second-order valence-electron chi connectivity index (χ2n) is 3.25. The van der Waals surface area contributed by atoms with Gasteiger partial charge in [-0.3, -0.25) is 4.98 Å². The molecule has 5 heteroatoms. The second kappa shape index (κ2) is 3.98. The fraction of sp³-hybridized carbons (Fsp3) is 0.300. The number of nitrogens with zero attached hydrogens (tertiary/aromatic N) is 3. The van der Waals surface area contributed by atoms with Crippen LogP contribution in [0.1, 0.15) is 23.9 Å². The Kier molecular flexibility index (Phi) is 2.68. The maximum Gasteiger partial charge on any atom is 0.247 e. The van der Waals surface area contributed by atoms with Crippen molar-refractivity contribution >= 4 is 11.6 Å². The van der Waals surface area contributed by atoms with Crippen molar-refractivity contribution in [3.63, 3.8) is 0 Å². The summed E-state index contributed by atoms with van der Waals surface area (Å²) in [6.45, 7) is 3.70. The van der Waals surface area contributed by atoms with E-state index in [1.54, 1.807) is 13.1 Å². The molecule has 0 fully saturated rings. The van der Waals surface area contributed by atoms with Crippen molar-refractivity contribution in [3.8, 4) is 11.5 Å². The molecule has 15 heavy (non-hydrogen) atoms. The van der Waals surface area contributed by atoms with Crippen LogP contribution < -0.4 is 0 Å². The zero-order chi connectivity index (χ0) is 10.8. The number of pyridine rings is 1. The highest BCUT2D eigenvalue weighted by molar-refractivity contribution is 6.20. The van der Waals surface area contributed by atoms with Crippen molar-refractivity contribution < 1.29 is 4.42 Å². The maximum absolute atomic E-state index is 5.83. The molecule has 1 unspecified atom stereocenters. The molecular formula is C10H10ClN3O. The van der Waals surface area contributed by atoms with Crippen LogP contribution in [0.2, 0.25) is 0 Å². The molecule has 0 N–H and O–H groups in total. The highest BCUT2D eigenvalue weighted by Gasteiger charge is 2.12. The molecule has 0 aliphatic heterocycles. The minimum absolute atomic E-state index is 0.269. The predicted octanol–water partition coefficient (Wildman–Crippen LogP) is 2.74. The van der Waals surface area contributed by atoms with Gasteiger partial charge in [0.15, 0.2) is 0 Å². The Morgan fingerprint density at radius 3 is 2.80 bits per heavy atom. The normalized spacial score (nSPS) is 12.7. The first kappa shape index (κ1) is 10.1. The van der Waals surface area contributed by atoms with Crippen LogP contribution in [-0.4, -0.2) is 15.2 Å². The molecule has 0 amide bonds. The number of aromatic nitrogens is 3. The largest absolute Gasteiger partial charge is 0.419 e. The molecule has 78 valence electrons. The van der Waals surface area contributed by atoms with Crippen molar-refractivity contribution in [2.75, 3.05) is 0 Å². The van der Waals surface area contributed by atoms with Crippen molar-refractivity contribution in [1.29, 1.82) is 0 Å². The Labute approximate surface area is 92.3 Å². The molecule has 0 aliphatic carbocycles. The molecule has 0 aromatic carbocycles. The van der Waals surface area contributed by atoms with Gasteiger partial charge in [-0.15, -0.1) is 21.8 Å². The maximum atomic E-state index is 5.83. The number of hydrogen-bond acceptors (Lipinski definition) is 4. The molecule has 2 heterocycles. The summed E-state index contributed by atoms with van der Waals surface area (Å²) in [5, 5.41) is 7.50. The highest BCUT2D eigenvalue weighted by Crippen LogP contribution is 2.23. The van der Waals surface area contributed by atoms with Crippen LogP contribution in [0.5, 0.6) is 0 Å². The number of aryl methyl sites for hydroxylation is 1. The van der Waals surface area contributed by atoms with Crippen LogP contribution in [0, 0.1) is 6.92 Å². The van der Waals surface area contributed by atoms with E-state index in [4.69, 9.17) is 16.0 Å². The Morgan fingerprint density at radius 2 is 2.20 bits per heavy atom. The van der Waals surface area contributed by atoms with Crippen LogP contribution in [0.15, 0.2) is 22.7 Å². The molecule has 2 rings (SSSR count). The average molecular weight is 224 g/mol. The van der Waals surface area contributed by atoms with Crippen molar-refractivity contribution in [2.45, 2.75) is 19.2 Å². The van der Waals surface area contributed by atoms with E-state index < -0.39 is 0 Å². The van der Waals surface area contributed by atoms with E-state index in [0.717, 1.165) is 11.3 Å². The molecule has 2 aromatic rings. The number of alkyl halides is 1. The van der Waals surface area contributed by atoms with E-state index in [1.807, 2.05) is 19.1 Å². The van der Waals surface area contributed by atoms with Crippen molar-refractivity contribution in [3.05, 3.63) is 29.9 Å². The Morgan fingerprint density at radius 1 is 1.40 bits per heavy atom. The van der Waals surface area contributed by atoms with E-state index in [2.05, 4.69) is 15.2 Å². The molecule has 0 bridgehead atoms. The van der Waals surface area contributed by atoms with Gasteiger partial charge in [-0.1, -0.05) is 0 Å². The molecule has 0 saturated carbocycles. The van der Waals surface area contributed by atoms with Gasteiger partial charge >= 0.3 is 0 Å². The molecule has 0 radical (unpaired) electrons. The average Bonchev–Trinajstić information content (AvgIpc) is 2.66. The topological polar surface area (TPSA) is 51.8 Å². The third-order valence-electron chi connectivity index (χ3n) is 1.92. The monoisotopic (exact) mass is 223 g/mol. The van der Waals surface area contributed by atoms with Crippen LogP contribution in [-0.2, 0) is 0 Å². The standard InChI is InChI=1S/C10H10ClN3O/c1-6-5-8(3-4-12-6)10-14-13-9(15-10)7(2)11/h3-5,7H,1-2H3. The first-order chi connectivity index (χ1) is 7.16. The number of halogens is 1. The summed E-state index contributed by atoms with van der Waals surface area (Å²) in [6.07, 6.45) is 1.71. The molecule has 1 atom stereocenters. The first-order valence-electron chi connectivity index (χ1n) is 4.57. The minimum atomic E-state index is -0.269. The summed E-state index contributed by atoms with van der Waals surface area (Å²) in [4.78, 5) is 4.09. The molecule has 0 saturated heterocycles. The van der Waals surface area contributed by atoms with Crippen LogP contribution in [0.25, 0.3) is 11.5 Å². The third-order valence-corrected chi connectivity index (χ3v) is 2.11. The van der Waals surface area contributed by atoms with Crippen molar-refractivity contribution in [2.24, 2.45) is 0 Å². The smallest absolute Gasteiger partial charge is 0.247 e. The lowest BCUT2D eigenvalue weighted by Crippen LogP contribution is -1.82. The van der Waals surface area contributed by atoms with Crippen molar-refractivity contribution in [1.82, 2.24) is 15.2 Å². The van der Waals surface area contributed by atoms with Crippen LogP contribution in [0.3, 0.4) is 0 Å². The first-order valence-corrected chi connectivity index (χ1v) is 5.01. The zero-order valence-corrected chi connectivity index (χ0v) is 9.19. The summed E-state index contributed by atoms with van der Waals surface area (Å²) >= 11 is 5.83. The van der Waals surface area contributed by atoms with E-state index in [0.29, 0.717) is 11.8 Å². The third kappa shape index (κ3) is 2.15. The Bertz CT molecular complexity index is 467. The van der Waals surface area contributed by atoms with Gasteiger partial charge in [0.1, 0.15) is 5.38 Å². The predicted molar refractivity (Wildman–Crippen MR) is 56.5 cm³/mol. The fourth-order valence-corrected chi connectivity index (χ4v) is 1.28. The number of hydrogen-bond donors (Lipinski definition) is 0.